The average molecular weight is 174 g/mol. The molecule has 12 heavy (non-hydrogen) atoms. The second kappa shape index (κ2) is 5.11. The van der Waals surface area contributed by atoms with E-state index in [0.717, 1.165) is 0 Å². The topological polar surface area (TPSA) is 75.3 Å². The third-order valence-electron chi connectivity index (χ3n) is 1.74. The quantitative estimate of drug-likeness (QED) is 0.524. The molecule has 0 aromatic carbocycles. The molecule has 0 spiro atoms. The van der Waals surface area contributed by atoms with E-state index in [2.05, 4.69) is 5.32 Å². The van der Waals surface area contributed by atoms with E-state index in [1.165, 1.54) is 0 Å². The lowest BCUT2D eigenvalue weighted by atomic mass is 9.90. The molecule has 4 heteroatoms. The number of rotatable bonds is 5. The highest BCUT2D eigenvalue weighted by atomic mass is 16.3. The summed E-state index contributed by atoms with van der Waals surface area (Å²) >= 11 is 0. The Kier molecular flexibility index (Phi) is 4.85. The molecule has 0 bridgehead atoms. The van der Waals surface area contributed by atoms with Gasteiger partial charge in [-0.2, -0.15) is 0 Å². The number of hydrogen-bond acceptors (Lipinski definition) is 3. The maximum absolute atomic E-state index is 10.8. The van der Waals surface area contributed by atoms with Crippen molar-refractivity contribution in [1.29, 1.82) is 0 Å². The molecular formula is C8H18N2O2. The molecule has 0 radical (unpaired) electrons. The van der Waals surface area contributed by atoms with E-state index in [4.69, 9.17) is 10.8 Å². The highest BCUT2D eigenvalue weighted by Crippen LogP contribution is 2.17. The first-order chi connectivity index (χ1) is 5.52. The Hall–Kier alpha value is -0.610. The normalized spacial score (nSPS) is 11.3. The minimum Gasteiger partial charge on any atom is -0.396 e. The zero-order chi connectivity index (χ0) is 9.61. The van der Waals surface area contributed by atoms with Gasteiger partial charge in [0, 0.05) is 13.2 Å². The summed E-state index contributed by atoms with van der Waals surface area (Å²) in [5, 5.41) is 11.4. The van der Waals surface area contributed by atoms with Crippen molar-refractivity contribution in [3.63, 3.8) is 0 Å². The van der Waals surface area contributed by atoms with Gasteiger partial charge in [0.2, 0.25) is 5.91 Å². The third kappa shape index (κ3) is 5.09. The third-order valence-corrected chi connectivity index (χ3v) is 1.74. The summed E-state index contributed by atoms with van der Waals surface area (Å²) in [6.45, 7) is 4.70. The van der Waals surface area contributed by atoms with Crippen molar-refractivity contribution in [1.82, 2.24) is 5.32 Å². The molecule has 0 heterocycles. The number of aliphatic hydroxyl groups is 1. The Balaban J connectivity index is 3.67. The molecule has 0 saturated heterocycles. The van der Waals surface area contributed by atoms with Crippen LogP contribution in [0.2, 0.25) is 0 Å². The van der Waals surface area contributed by atoms with Gasteiger partial charge in [-0.15, -0.1) is 0 Å². The van der Waals surface area contributed by atoms with Crippen LogP contribution in [0.15, 0.2) is 0 Å². The summed E-state index contributed by atoms with van der Waals surface area (Å²) in [6, 6.07) is 0. The largest absolute Gasteiger partial charge is 0.396 e. The van der Waals surface area contributed by atoms with E-state index < -0.39 is 0 Å². The Morgan fingerprint density at radius 2 is 2.17 bits per heavy atom. The first-order valence-electron chi connectivity index (χ1n) is 4.09. The minimum atomic E-state index is -0.152. The number of amides is 1. The summed E-state index contributed by atoms with van der Waals surface area (Å²) in [7, 11) is 0. The standard InChI is InChI=1S/C8H18N2O2/c1-8(2,3-4-11)6-10-7(12)5-9/h11H,3-6,9H2,1-2H3,(H,10,12). The van der Waals surface area contributed by atoms with Gasteiger partial charge in [0.1, 0.15) is 0 Å². The van der Waals surface area contributed by atoms with E-state index in [0.29, 0.717) is 13.0 Å². The molecule has 72 valence electrons. The highest BCUT2D eigenvalue weighted by molar-refractivity contribution is 5.77. The molecule has 0 aromatic heterocycles. The smallest absolute Gasteiger partial charge is 0.233 e. The zero-order valence-electron chi connectivity index (χ0n) is 7.76. The molecule has 0 fully saturated rings. The molecule has 4 nitrogen and oxygen atoms in total. The van der Waals surface area contributed by atoms with E-state index in [1.54, 1.807) is 0 Å². The van der Waals surface area contributed by atoms with Crippen molar-refractivity contribution in [3.8, 4) is 0 Å². The van der Waals surface area contributed by atoms with Gasteiger partial charge >= 0.3 is 0 Å². The monoisotopic (exact) mass is 174 g/mol. The van der Waals surface area contributed by atoms with Gasteiger partial charge in [-0.25, -0.2) is 0 Å². The Bertz CT molecular complexity index is 146. The molecule has 0 rings (SSSR count). The van der Waals surface area contributed by atoms with Gasteiger partial charge in [0.05, 0.1) is 6.54 Å². The second-order valence-corrected chi connectivity index (χ2v) is 3.62. The van der Waals surface area contributed by atoms with Crippen LogP contribution in [0, 0.1) is 5.41 Å². The number of carbonyl (C=O) groups is 1. The van der Waals surface area contributed by atoms with Gasteiger partial charge in [-0.1, -0.05) is 13.8 Å². The lowest BCUT2D eigenvalue weighted by Crippen LogP contribution is -2.37. The van der Waals surface area contributed by atoms with Crippen LogP contribution >= 0.6 is 0 Å². The molecule has 0 saturated carbocycles. The van der Waals surface area contributed by atoms with Crippen molar-refractivity contribution in [2.75, 3.05) is 19.7 Å². The number of nitrogens with one attached hydrogen (secondary N) is 1. The number of hydrogen-bond donors (Lipinski definition) is 3. The molecule has 0 aliphatic carbocycles. The minimum absolute atomic E-state index is 0.0230. The molecule has 0 aliphatic heterocycles. The Labute approximate surface area is 73.1 Å². The van der Waals surface area contributed by atoms with Crippen molar-refractivity contribution in [2.24, 2.45) is 11.1 Å². The van der Waals surface area contributed by atoms with Gasteiger partial charge in [-0.05, 0) is 11.8 Å². The van der Waals surface area contributed by atoms with E-state index in [9.17, 15) is 4.79 Å². The van der Waals surface area contributed by atoms with Gasteiger partial charge in [0.25, 0.3) is 0 Å². The number of aliphatic hydroxyl groups excluding tert-OH is 1. The van der Waals surface area contributed by atoms with Crippen LogP contribution in [0.25, 0.3) is 0 Å². The van der Waals surface area contributed by atoms with E-state index >= 15 is 0 Å². The molecular weight excluding hydrogens is 156 g/mol. The average Bonchev–Trinajstić information content (AvgIpc) is 2.00. The van der Waals surface area contributed by atoms with Crippen molar-refractivity contribution >= 4 is 5.91 Å². The van der Waals surface area contributed by atoms with Gasteiger partial charge in [0.15, 0.2) is 0 Å². The van der Waals surface area contributed by atoms with Crippen LogP contribution in [-0.4, -0.2) is 30.7 Å². The molecule has 0 aliphatic rings. The summed E-state index contributed by atoms with van der Waals surface area (Å²) in [5.74, 6) is -0.152. The number of carbonyl (C=O) groups excluding carboxylic acids is 1. The van der Waals surface area contributed by atoms with Crippen LogP contribution in [-0.2, 0) is 4.79 Å². The van der Waals surface area contributed by atoms with Crippen molar-refractivity contribution in [2.45, 2.75) is 20.3 Å². The van der Waals surface area contributed by atoms with Crippen LogP contribution in [0.4, 0.5) is 0 Å². The predicted molar refractivity (Wildman–Crippen MR) is 47.5 cm³/mol. The van der Waals surface area contributed by atoms with Crippen LogP contribution in [0.1, 0.15) is 20.3 Å². The first-order valence-corrected chi connectivity index (χ1v) is 4.09. The molecule has 0 unspecified atom stereocenters. The molecule has 0 atom stereocenters. The molecule has 4 N–H and O–H groups in total. The Morgan fingerprint density at radius 3 is 2.58 bits per heavy atom. The summed E-state index contributed by atoms with van der Waals surface area (Å²) in [4.78, 5) is 10.8. The van der Waals surface area contributed by atoms with E-state index in [-0.39, 0.29) is 24.5 Å². The lowest BCUT2D eigenvalue weighted by Gasteiger charge is -2.23. The summed E-state index contributed by atoms with van der Waals surface area (Å²) in [6.07, 6.45) is 0.678. The van der Waals surface area contributed by atoms with Gasteiger partial charge in [-0.3, -0.25) is 4.79 Å². The van der Waals surface area contributed by atoms with Crippen molar-refractivity contribution < 1.29 is 9.90 Å². The van der Waals surface area contributed by atoms with Crippen LogP contribution in [0.5, 0.6) is 0 Å². The fourth-order valence-electron chi connectivity index (χ4n) is 0.801. The maximum Gasteiger partial charge on any atom is 0.233 e. The fraction of sp³-hybridized carbons (Fsp3) is 0.875. The van der Waals surface area contributed by atoms with E-state index in [1.807, 2.05) is 13.8 Å². The summed E-state index contributed by atoms with van der Waals surface area (Å²) < 4.78 is 0. The summed E-state index contributed by atoms with van der Waals surface area (Å²) in [5.41, 5.74) is 5.06. The predicted octanol–water partition coefficient (Wildman–Crippen LogP) is -0.530. The van der Waals surface area contributed by atoms with Crippen LogP contribution in [0.3, 0.4) is 0 Å². The zero-order valence-corrected chi connectivity index (χ0v) is 7.76. The van der Waals surface area contributed by atoms with Gasteiger partial charge < -0.3 is 16.2 Å². The first kappa shape index (κ1) is 11.4. The Morgan fingerprint density at radius 1 is 1.58 bits per heavy atom. The number of nitrogens with two attached hydrogens (primary N) is 1. The highest BCUT2D eigenvalue weighted by Gasteiger charge is 2.17. The SMILES string of the molecule is CC(C)(CCO)CNC(=O)CN. The maximum atomic E-state index is 10.8. The fourth-order valence-corrected chi connectivity index (χ4v) is 0.801. The second-order valence-electron chi connectivity index (χ2n) is 3.62. The van der Waals surface area contributed by atoms with Crippen LogP contribution < -0.4 is 11.1 Å². The lowest BCUT2D eigenvalue weighted by molar-refractivity contribution is -0.120. The molecule has 0 aromatic rings. The van der Waals surface area contributed by atoms with Crippen molar-refractivity contribution in [3.05, 3.63) is 0 Å². The molecule has 1 amide bonds.